The van der Waals surface area contributed by atoms with Gasteiger partial charge in [-0.25, -0.2) is 0 Å². The van der Waals surface area contributed by atoms with Crippen LogP contribution in [0.25, 0.3) is 0 Å². The second-order valence-electron chi connectivity index (χ2n) is 3.72. The monoisotopic (exact) mass is 201 g/mol. The van der Waals surface area contributed by atoms with Gasteiger partial charge >= 0.3 is 5.97 Å². The van der Waals surface area contributed by atoms with E-state index in [0.29, 0.717) is 18.4 Å². The van der Waals surface area contributed by atoms with E-state index >= 15 is 0 Å². The van der Waals surface area contributed by atoms with Gasteiger partial charge in [0, 0.05) is 12.5 Å². The van der Waals surface area contributed by atoms with Crippen LogP contribution in [0, 0.1) is 5.92 Å². The van der Waals surface area contributed by atoms with Gasteiger partial charge in [0.05, 0.1) is 7.11 Å². The fourth-order valence-electron chi connectivity index (χ4n) is 1.68. The number of methoxy groups -OCH3 is 1. The van der Waals surface area contributed by atoms with E-state index in [2.05, 4.69) is 37.3 Å². The Morgan fingerprint density at radius 2 is 1.79 bits per heavy atom. The Balaban J connectivity index is 4.08. The van der Waals surface area contributed by atoms with E-state index in [1.807, 2.05) is 0 Å². The highest BCUT2D eigenvalue weighted by molar-refractivity contribution is 5.69. The molecule has 0 aliphatic rings. The number of hydrogen-bond donors (Lipinski definition) is 0. The second kappa shape index (κ2) is 6.82. The van der Waals surface area contributed by atoms with Crippen LogP contribution < -0.4 is 0 Å². The Kier molecular flexibility index (Phi) is 6.54. The zero-order valence-corrected chi connectivity index (χ0v) is 10.0. The number of carbonyl (C=O) groups excluding carboxylic acids is 1. The third-order valence-corrected chi connectivity index (χ3v) is 2.93. The molecule has 0 bridgehead atoms. The number of hydrogen-bond acceptors (Lipinski definition) is 3. The fourth-order valence-corrected chi connectivity index (χ4v) is 1.68. The number of rotatable bonds is 6. The lowest BCUT2D eigenvalue weighted by Crippen LogP contribution is -2.38. The molecule has 84 valence electrons. The molecule has 0 saturated heterocycles. The van der Waals surface area contributed by atoms with Crippen LogP contribution >= 0.6 is 0 Å². The lowest BCUT2D eigenvalue weighted by Gasteiger charge is -2.30. The van der Waals surface area contributed by atoms with Crippen LogP contribution in [0.5, 0.6) is 0 Å². The van der Waals surface area contributed by atoms with Crippen molar-refractivity contribution in [3.8, 4) is 0 Å². The lowest BCUT2D eigenvalue weighted by molar-refractivity contribution is -0.142. The first-order valence-electron chi connectivity index (χ1n) is 5.37. The van der Waals surface area contributed by atoms with Gasteiger partial charge in [-0.3, -0.25) is 4.79 Å². The van der Waals surface area contributed by atoms with Gasteiger partial charge in [-0.1, -0.05) is 20.8 Å². The smallest absolute Gasteiger partial charge is 0.305 e. The molecule has 0 N–H and O–H groups in total. The summed E-state index contributed by atoms with van der Waals surface area (Å²) in [7, 11) is 1.44. The zero-order valence-electron chi connectivity index (χ0n) is 10.0. The first kappa shape index (κ1) is 13.4. The van der Waals surface area contributed by atoms with Gasteiger partial charge in [-0.15, -0.1) is 0 Å². The van der Waals surface area contributed by atoms with Crippen molar-refractivity contribution in [3.05, 3.63) is 0 Å². The number of ether oxygens (including phenoxy) is 1. The van der Waals surface area contributed by atoms with Crippen molar-refractivity contribution in [2.24, 2.45) is 5.92 Å². The van der Waals surface area contributed by atoms with E-state index in [-0.39, 0.29) is 5.97 Å². The number of nitrogens with zero attached hydrogens (tertiary/aromatic N) is 1. The molecular weight excluding hydrogens is 178 g/mol. The van der Waals surface area contributed by atoms with Crippen molar-refractivity contribution >= 4 is 5.97 Å². The molecule has 0 aliphatic carbocycles. The van der Waals surface area contributed by atoms with Gasteiger partial charge in [0.1, 0.15) is 0 Å². The SMILES string of the molecule is CCN(CC)C(C)C(C)CC(=O)OC. The maximum atomic E-state index is 11.1. The Morgan fingerprint density at radius 1 is 1.29 bits per heavy atom. The minimum absolute atomic E-state index is 0.114. The quantitative estimate of drug-likeness (QED) is 0.615. The summed E-state index contributed by atoms with van der Waals surface area (Å²) in [6.07, 6.45) is 0.508. The van der Waals surface area contributed by atoms with Crippen LogP contribution in [0.3, 0.4) is 0 Å². The highest BCUT2D eigenvalue weighted by Crippen LogP contribution is 2.14. The van der Waals surface area contributed by atoms with Crippen LogP contribution in [-0.2, 0) is 9.53 Å². The summed E-state index contributed by atoms with van der Waals surface area (Å²) in [6, 6.07) is 0.434. The zero-order chi connectivity index (χ0) is 11.1. The van der Waals surface area contributed by atoms with Crippen LogP contribution in [0.1, 0.15) is 34.1 Å². The second-order valence-corrected chi connectivity index (χ2v) is 3.72. The average molecular weight is 201 g/mol. The van der Waals surface area contributed by atoms with Crippen LogP contribution in [0.2, 0.25) is 0 Å². The van der Waals surface area contributed by atoms with Gasteiger partial charge in [-0.05, 0) is 25.9 Å². The molecule has 0 spiro atoms. The Morgan fingerprint density at radius 3 is 2.14 bits per heavy atom. The third kappa shape index (κ3) is 4.09. The molecule has 3 heteroatoms. The van der Waals surface area contributed by atoms with E-state index in [9.17, 15) is 4.79 Å². The summed E-state index contributed by atoms with van der Waals surface area (Å²) in [5.41, 5.74) is 0. The van der Waals surface area contributed by atoms with Crippen molar-refractivity contribution in [1.29, 1.82) is 0 Å². The van der Waals surface area contributed by atoms with Crippen molar-refractivity contribution in [1.82, 2.24) is 4.90 Å². The average Bonchev–Trinajstić information content (AvgIpc) is 2.19. The molecule has 0 amide bonds. The Bertz CT molecular complexity index is 167. The van der Waals surface area contributed by atoms with Crippen LogP contribution in [0.4, 0.5) is 0 Å². The van der Waals surface area contributed by atoms with E-state index in [0.717, 1.165) is 13.1 Å². The normalized spacial score (nSPS) is 15.3. The largest absolute Gasteiger partial charge is 0.469 e. The predicted molar refractivity (Wildman–Crippen MR) is 58.2 cm³/mol. The van der Waals surface area contributed by atoms with Gasteiger partial charge in [0.25, 0.3) is 0 Å². The van der Waals surface area contributed by atoms with Crippen molar-refractivity contribution in [2.75, 3.05) is 20.2 Å². The van der Waals surface area contributed by atoms with Crippen LogP contribution in [-0.4, -0.2) is 37.1 Å². The maximum absolute atomic E-state index is 11.1. The fraction of sp³-hybridized carbons (Fsp3) is 0.909. The van der Waals surface area contributed by atoms with Crippen molar-refractivity contribution in [2.45, 2.75) is 40.2 Å². The molecule has 0 heterocycles. The lowest BCUT2D eigenvalue weighted by atomic mass is 9.98. The minimum Gasteiger partial charge on any atom is -0.469 e. The Hall–Kier alpha value is -0.570. The van der Waals surface area contributed by atoms with Gasteiger partial charge in [-0.2, -0.15) is 0 Å². The summed E-state index contributed by atoms with van der Waals surface area (Å²) in [6.45, 7) is 10.6. The highest BCUT2D eigenvalue weighted by atomic mass is 16.5. The summed E-state index contributed by atoms with van der Waals surface area (Å²) in [4.78, 5) is 13.4. The van der Waals surface area contributed by atoms with Gasteiger partial charge < -0.3 is 9.64 Å². The number of esters is 1. The molecule has 0 radical (unpaired) electrons. The molecule has 0 aromatic rings. The maximum Gasteiger partial charge on any atom is 0.305 e. The number of carbonyl (C=O) groups is 1. The molecule has 2 unspecified atom stereocenters. The summed E-state index contributed by atoms with van der Waals surface area (Å²) < 4.78 is 4.66. The van der Waals surface area contributed by atoms with E-state index < -0.39 is 0 Å². The van der Waals surface area contributed by atoms with Gasteiger partial charge in [0.2, 0.25) is 0 Å². The molecule has 0 aliphatic heterocycles. The predicted octanol–water partition coefficient (Wildman–Crippen LogP) is 1.92. The summed E-state index contributed by atoms with van der Waals surface area (Å²) in [5.74, 6) is 0.235. The summed E-state index contributed by atoms with van der Waals surface area (Å²) in [5, 5.41) is 0. The molecular formula is C11H23NO2. The van der Waals surface area contributed by atoms with Crippen LogP contribution in [0.15, 0.2) is 0 Å². The molecule has 0 fully saturated rings. The molecule has 0 aromatic heterocycles. The molecule has 0 saturated carbocycles. The van der Waals surface area contributed by atoms with Crippen molar-refractivity contribution in [3.63, 3.8) is 0 Å². The Labute approximate surface area is 87.4 Å². The van der Waals surface area contributed by atoms with E-state index in [4.69, 9.17) is 0 Å². The minimum atomic E-state index is -0.114. The standard InChI is InChI=1S/C11H23NO2/c1-6-12(7-2)10(4)9(3)8-11(13)14-5/h9-10H,6-8H2,1-5H3. The molecule has 0 aromatic carbocycles. The molecule has 0 rings (SSSR count). The molecule has 14 heavy (non-hydrogen) atoms. The topological polar surface area (TPSA) is 29.5 Å². The van der Waals surface area contributed by atoms with Gasteiger partial charge in [0.15, 0.2) is 0 Å². The third-order valence-electron chi connectivity index (χ3n) is 2.93. The molecule has 3 nitrogen and oxygen atoms in total. The van der Waals surface area contributed by atoms with E-state index in [1.165, 1.54) is 7.11 Å². The summed E-state index contributed by atoms with van der Waals surface area (Å²) >= 11 is 0. The first-order chi connectivity index (χ1) is 6.56. The van der Waals surface area contributed by atoms with Crippen molar-refractivity contribution < 1.29 is 9.53 Å². The first-order valence-corrected chi connectivity index (χ1v) is 5.37. The molecule has 2 atom stereocenters. The highest BCUT2D eigenvalue weighted by Gasteiger charge is 2.20. The van der Waals surface area contributed by atoms with E-state index in [1.54, 1.807) is 0 Å².